The fourth-order valence-electron chi connectivity index (χ4n) is 2.49. The SMILES string of the molecule is NC(=O)c1ccc(C(c2ccc(C(=O)O)cc2)n2cncn2)cc1. The second-order valence-corrected chi connectivity index (χ2v) is 5.19. The van der Waals surface area contributed by atoms with E-state index < -0.39 is 11.9 Å². The number of nitrogens with two attached hydrogens (primary N) is 1. The van der Waals surface area contributed by atoms with Gasteiger partial charge in [0.25, 0.3) is 0 Å². The van der Waals surface area contributed by atoms with Crippen molar-refractivity contribution in [1.82, 2.24) is 14.8 Å². The number of carbonyl (C=O) groups is 2. The van der Waals surface area contributed by atoms with Gasteiger partial charge in [0.15, 0.2) is 0 Å². The average molecular weight is 322 g/mol. The van der Waals surface area contributed by atoms with Crippen LogP contribution in [0.15, 0.2) is 61.2 Å². The third-order valence-electron chi connectivity index (χ3n) is 3.69. The molecule has 24 heavy (non-hydrogen) atoms. The normalized spacial score (nSPS) is 11.8. The minimum Gasteiger partial charge on any atom is -0.478 e. The van der Waals surface area contributed by atoms with E-state index in [-0.39, 0.29) is 11.6 Å². The maximum atomic E-state index is 11.2. The van der Waals surface area contributed by atoms with Crippen molar-refractivity contribution in [2.45, 2.75) is 6.04 Å². The van der Waals surface area contributed by atoms with Crippen molar-refractivity contribution in [2.75, 3.05) is 0 Å². The summed E-state index contributed by atoms with van der Waals surface area (Å²) in [6, 6.07) is 13.1. The maximum absolute atomic E-state index is 11.2. The third-order valence-corrected chi connectivity index (χ3v) is 3.69. The van der Waals surface area contributed by atoms with Crippen molar-refractivity contribution >= 4 is 11.9 Å². The topological polar surface area (TPSA) is 111 Å². The number of nitrogens with zero attached hydrogens (tertiary/aromatic N) is 3. The first-order valence-electron chi connectivity index (χ1n) is 7.13. The predicted octanol–water partition coefficient (Wildman–Crippen LogP) is 1.71. The molecule has 120 valence electrons. The molecule has 0 aliphatic heterocycles. The number of carboxylic acid groups (broad SMARTS) is 1. The number of aromatic carboxylic acids is 1. The molecular formula is C17H14N4O3. The van der Waals surface area contributed by atoms with Crippen molar-refractivity contribution in [3.63, 3.8) is 0 Å². The quantitative estimate of drug-likeness (QED) is 0.743. The number of aromatic nitrogens is 3. The zero-order valence-corrected chi connectivity index (χ0v) is 12.5. The highest BCUT2D eigenvalue weighted by Gasteiger charge is 2.18. The number of hydrogen-bond acceptors (Lipinski definition) is 4. The second-order valence-electron chi connectivity index (χ2n) is 5.19. The monoisotopic (exact) mass is 322 g/mol. The van der Waals surface area contributed by atoms with E-state index in [1.807, 2.05) is 0 Å². The van der Waals surface area contributed by atoms with E-state index in [1.54, 1.807) is 59.5 Å². The van der Waals surface area contributed by atoms with Crippen molar-refractivity contribution in [3.05, 3.63) is 83.4 Å². The molecular weight excluding hydrogens is 308 g/mol. The fourth-order valence-corrected chi connectivity index (χ4v) is 2.49. The van der Waals surface area contributed by atoms with Gasteiger partial charge in [-0.1, -0.05) is 24.3 Å². The first-order valence-corrected chi connectivity index (χ1v) is 7.13. The number of amides is 1. The molecule has 3 rings (SSSR count). The van der Waals surface area contributed by atoms with E-state index in [1.165, 1.54) is 6.33 Å². The zero-order chi connectivity index (χ0) is 17.1. The summed E-state index contributed by atoms with van der Waals surface area (Å²) in [7, 11) is 0. The Hall–Kier alpha value is -3.48. The molecule has 2 aromatic carbocycles. The van der Waals surface area contributed by atoms with Crippen LogP contribution in [-0.4, -0.2) is 31.7 Å². The Labute approximate surface area is 137 Å². The molecule has 1 unspecified atom stereocenters. The van der Waals surface area contributed by atoms with E-state index in [2.05, 4.69) is 10.1 Å². The van der Waals surface area contributed by atoms with E-state index >= 15 is 0 Å². The predicted molar refractivity (Wildman–Crippen MR) is 85.6 cm³/mol. The summed E-state index contributed by atoms with van der Waals surface area (Å²) in [5.41, 5.74) is 7.60. The van der Waals surface area contributed by atoms with Gasteiger partial charge in [-0.05, 0) is 35.4 Å². The molecule has 3 aromatic rings. The largest absolute Gasteiger partial charge is 0.478 e. The molecule has 0 bridgehead atoms. The van der Waals surface area contributed by atoms with Crippen LogP contribution >= 0.6 is 0 Å². The lowest BCUT2D eigenvalue weighted by molar-refractivity contribution is 0.0696. The highest BCUT2D eigenvalue weighted by Crippen LogP contribution is 2.26. The first kappa shape index (κ1) is 15.4. The van der Waals surface area contributed by atoms with Crippen molar-refractivity contribution in [1.29, 1.82) is 0 Å². The van der Waals surface area contributed by atoms with Crippen LogP contribution in [0.4, 0.5) is 0 Å². The number of carbonyl (C=O) groups excluding carboxylic acids is 1. The fraction of sp³-hybridized carbons (Fsp3) is 0.0588. The Kier molecular flexibility index (Phi) is 4.07. The van der Waals surface area contributed by atoms with Crippen LogP contribution in [0.5, 0.6) is 0 Å². The Balaban J connectivity index is 2.04. The molecule has 3 N–H and O–H groups in total. The molecule has 0 saturated heterocycles. The lowest BCUT2D eigenvalue weighted by atomic mass is 9.97. The molecule has 1 aromatic heterocycles. The highest BCUT2D eigenvalue weighted by atomic mass is 16.4. The Morgan fingerprint density at radius 1 is 0.958 bits per heavy atom. The number of carboxylic acids is 1. The average Bonchev–Trinajstić information content (AvgIpc) is 3.10. The van der Waals surface area contributed by atoms with Gasteiger partial charge < -0.3 is 10.8 Å². The van der Waals surface area contributed by atoms with Gasteiger partial charge in [-0.3, -0.25) is 4.79 Å². The molecule has 0 spiro atoms. The van der Waals surface area contributed by atoms with Crippen LogP contribution in [0.3, 0.4) is 0 Å². The minimum atomic E-state index is -0.982. The molecule has 0 saturated carbocycles. The van der Waals surface area contributed by atoms with Gasteiger partial charge in [0.05, 0.1) is 5.56 Å². The number of hydrogen-bond donors (Lipinski definition) is 2. The van der Waals surface area contributed by atoms with Crippen LogP contribution in [-0.2, 0) is 0 Å². The Morgan fingerprint density at radius 2 is 1.50 bits per heavy atom. The van der Waals surface area contributed by atoms with Gasteiger partial charge in [0.2, 0.25) is 5.91 Å². The molecule has 0 fully saturated rings. The summed E-state index contributed by atoms with van der Waals surface area (Å²) in [5.74, 6) is -1.48. The van der Waals surface area contributed by atoms with Crippen molar-refractivity contribution in [2.24, 2.45) is 5.73 Å². The summed E-state index contributed by atoms with van der Waals surface area (Å²) in [5, 5.41) is 13.2. The lowest BCUT2D eigenvalue weighted by Gasteiger charge is -2.18. The maximum Gasteiger partial charge on any atom is 0.335 e. The number of benzene rings is 2. The van der Waals surface area contributed by atoms with Gasteiger partial charge in [-0.2, -0.15) is 5.10 Å². The number of rotatable bonds is 5. The molecule has 7 heteroatoms. The highest BCUT2D eigenvalue weighted by molar-refractivity contribution is 5.92. The summed E-state index contributed by atoms with van der Waals surface area (Å²) in [6.45, 7) is 0. The smallest absolute Gasteiger partial charge is 0.335 e. The molecule has 0 radical (unpaired) electrons. The van der Waals surface area contributed by atoms with Crippen LogP contribution in [0.1, 0.15) is 37.9 Å². The van der Waals surface area contributed by atoms with Crippen LogP contribution in [0.25, 0.3) is 0 Å². The number of primary amides is 1. The van der Waals surface area contributed by atoms with Crippen LogP contribution in [0, 0.1) is 0 Å². The van der Waals surface area contributed by atoms with Crippen LogP contribution < -0.4 is 5.73 Å². The van der Waals surface area contributed by atoms with E-state index in [0.717, 1.165) is 11.1 Å². The Bertz CT molecular complexity index is 798. The summed E-state index contributed by atoms with van der Waals surface area (Å²) >= 11 is 0. The summed E-state index contributed by atoms with van der Waals surface area (Å²) < 4.78 is 1.66. The zero-order valence-electron chi connectivity index (χ0n) is 12.5. The van der Waals surface area contributed by atoms with Gasteiger partial charge >= 0.3 is 5.97 Å². The molecule has 1 amide bonds. The summed E-state index contributed by atoms with van der Waals surface area (Å²) in [6.07, 6.45) is 3.01. The van der Waals surface area contributed by atoms with Gasteiger partial charge in [0.1, 0.15) is 18.7 Å². The lowest BCUT2D eigenvalue weighted by Crippen LogP contribution is -2.14. The summed E-state index contributed by atoms with van der Waals surface area (Å²) in [4.78, 5) is 26.2. The van der Waals surface area contributed by atoms with Gasteiger partial charge in [-0.15, -0.1) is 0 Å². The van der Waals surface area contributed by atoms with Crippen LogP contribution in [0.2, 0.25) is 0 Å². The molecule has 0 aliphatic carbocycles. The second kappa shape index (κ2) is 6.33. The van der Waals surface area contributed by atoms with E-state index in [0.29, 0.717) is 5.56 Å². The molecule has 7 nitrogen and oxygen atoms in total. The van der Waals surface area contributed by atoms with E-state index in [4.69, 9.17) is 10.8 Å². The first-order chi connectivity index (χ1) is 11.6. The van der Waals surface area contributed by atoms with Crippen molar-refractivity contribution in [3.8, 4) is 0 Å². The third kappa shape index (κ3) is 3.00. The van der Waals surface area contributed by atoms with Gasteiger partial charge in [-0.25, -0.2) is 14.5 Å². The molecule has 0 aliphatic rings. The van der Waals surface area contributed by atoms with E-state index in [9.17, 15) is 9.59 Å². The van der Waals surface area contributed by atoms with Gasteiger partial charge in [0, 0.05) is 5.56 Å². The standard InChI is InChI=1S/C17H14N4O3/c18-16(22)13-5-1-11(2-6-13)15(21-10-19-9-20-21)12-3-7-14(8-4-12)17(23)24/h1-10,15H,(H2,18,22)(H,23,24). The van der Waals surface area contributed by atoms with Crippen molar-refractivity contribution < 1.29 is 14.7 Å². The molecule has 1 heterocycles. The molecule has 1 atom stereocenters. The Morgan fingerprint density at radius 3 is 1.92 bits per heavy atom. The minimum absolute atomic E-state index is 0.208.